The van der Waals surface area contributed by atoms with E-state index in [-0.39, 0.29) is 18.3 Å². The van der Waals surface area contributed by atoms with Gasteiger partial charge in [0, 0.05) is 11.5 Å². The third-order valence-corrected chi connectivity index (χ3v) is 4.50. The fourth-order valence-electron chi connectivity index (χ4n) is 2.51. The number of thiazole rings is 1. The average molecular weight is 404 g/mol. The highest BCUT2D eigenvalue weighted by Gasteiger charge is 2.18. The van der Waals surface area contributed by atoms with Gasteiger partial charge in [-0.3, -0.25) is 14.9 Å². The molecule has 1 aliphatic heterocycles. The van der Waals surface area contributed by atoms with Gasteiger partial charge in [-0.1, -0.05) is 0 Å². The Hall–Kier alpha value is -3.07. The van der Waals surface area contributed by atoms with Gasteiger partial charge in [0.05, 0.1) is 25.8 Å². The van der Waals surface area contributed by atoms with Crippen LogP contribution in [-0.4, -0.2) is 43.8 Å². The van der Waals surface area contributed by atoms with Crippen molar-refractivity contribution in [2.75, 3.05) is 32.2 Å². The second kappa shape index (κ2) is 9.23. The van der Waals surface area contributed by atoms with Crippen molar-refractivity contribution in [2.45, 2.75) is 13.3 Å². The molecular weight excluding hydrogens is 384 g/mol. The Morgan fingerprint density at radius 1 is 1.32 bits per heavy atom. The zero-order valence-electron chi connectivity index (χ0n) is 15.5. The molecule has 0 saturated carbocycles. The zero-order chi connectivity index (χ0) is 19.9. The number of ether oxygens (including phenoxy) is 4. The number of methoxy groups -OCH3 is 1. The SMILES string of the molecule is CCOC(=O)Cc1csc(NC(=O)C=Cc2cc(OC)c3c(c2)OCCO3)n1. The number of nitrogens with one attached hydrogen (secondary N) is 1. The molecule has 8 nitrogen and oxygen atoms in total. The summed E-state index contributed by atoms with van der Waals surface area (Å²) < 4.78 is 21.3. The second-order valence-electron chi connectivity index (χ2n) is 5.70. The van der Waals surface area contributed by atoms with Gasteiger partial charge in [0.15, 0.2) is 16.6 Å². The Labute approximate surface area is 166 Å². The van der Waals surface area contributed by atoms with Crippen molar-refractivity contribution >= 4 is 34.4 Å². The fourth-order valence-corrected chi connectivity index (χ4v) is 3.23. The standard InChI is InChI=1S/C19H20N2O6S/c1-3-25-17(23)10-13-11-28-19(20-13)21-16(22)5-4-12-8-14(24-2)18-15(9-12)26-6-7-27-18/h4-5,8-9,11H,3,6-7,10H2,1-2H3,(H,20,21,22). The van der Waals surface area contributed by atoms with Crippen molar-refractivity contribution in [3.05, 3.63) is 34.8 Å². The van der Waals surface area contributed by atoms with Crippen LogP contribution in [0.15, 0.2) is 23.6 Å². The highest BCUT2D eigenvalue weighted by Crippen LogP contribution is 2.40. The maximum atomic E-state index is 12.2. The van der Waals surface area contributed by atoms with Crippen LogP contribution < -0.4 is 19.5 Å². The number of rotatable bonds is 7. The van der Waals surface area contributed by atoms with Crippen molar-refractivity contribution in [3.63, 3.8) is 0 Å². The monoisotopic (exact) mass is 404 g/mol. The largest absolute Gasteiger partial charge is 0.493 e. The summed E-state index contributed by atoms with van der Waals surface area (Å²) in [6, 6.07) is 3.54. The Kier molecular flexibility index (Phi) is 6.49. The van der Waals surface area contributed by atoms with Crippen LogP contribution in [-0.2, 0) is 20.7 Å². The topological polar surface area (TPSA) is 96.0 Å². The van der Waals surface area contributed by atoms with Gasteiger partial charge < -0.3 is 18.9 Å². The molecule has 0 fully saturated rings. The second-order valence-corrected chi connectivity index (χ2v) is 6.55. The van der Waals surface area contributed by atoms with Crippen molar-refractivity contribution in [3.8, 4) is 17.2 Å². The highest BCUT2D eigenvalue weighted by atomic mass is 32.1. The van der Waals surface area contributed by atoms with Crippen LogP contribution in [0, 0.1) is 0 Å². The molecule has 0 radical (unpaired) electrons. The van der Waals surface area contributed by atoms with Crippen LogP contribution in [0.4, 0.5) is 5.13 Å². The summed E-state index contributed by atoms with van der Waals surface area (Å²) in [6.07, 6.45) is 3.10. The fraction of sp³-hybridized carbons (Fsp3) is 0.316. The minimum absolute atomic E-state index is 0.0764. The number of fused-ring (bicyclic) bond motifs is 1. The first-order chi connectivity index (χ1) is 13.6. The molecule has 2 heterocycles. The normalized spacial score (nSPS) is 12.6. The van der Waals surface area contributed by atoms with Gasteiger partial charge in [0.1, 0.15) is 13.2 Å². The zero-order valence-corrected chi connectivity index (χ0v) is 16.3. The first kappa shape index (κ1) is 19.7. The van der Waals surface area contributed by atoms with E-state index in [0.717, 1.165) is 5.56 Å². The van der Waals surface area contributed by atoms with E-state index in [9.17, 15) is 9.59 Å². The quantitative estimate of drug-likeness (QED) is 0.560. The summed E-state index contributed by atoms with van der Waals surface area (Å²) in [5, 5.41) is 4.79. The molecule has 0 unspecified atom stereocenters. The van der Waals surface area contributed by atoms with Crippen molar-refractivity contribution in [1.29, 1.82) is 0 Å². The Morgan fingerprint density at radius 3 is 2.93 bits per heavy atom. The molecule has 0 atom stereocenters. The number of carbonyl (C=O) groups is 2. The lowest BCUT2D eigenvalue weighted by molar-refractivity contribution is -0.142. The van der Waals surface area contributed by atoms with Crippen LogP contribution >= 0.6 is 11.3 Å². The lowest BCUT2D eigenvalue weighted by Crippen LogP contribution is -2.16. The maximum absolute atomic E-state index is 12.2. The third-order valence-electron chi connectivity index (χ3n) is 3.69. The predicted molar refractivity (Wildman–Crippen MR) is 104 cm³/mol. The summed E-state index contributed by atoms with van der Waals surface area (Å²) in [7, 11) is 1.55. The summed E-state index contributed by atoms with van der Waals surface area (Å²) >= 11 is 1.24. The lowest BCUT2D eigenvalue weighted by Gasteiger charge is -2.20. The maximum Gasteiger partial charge on any atom is 0.311 e. The van der Waals surface area contributed by atoms with Gasteiger partial charge in [-0.15, -0.1) is 11.3 Å². The van der Waals surface area contributed by atoms with Crippen LogP contribution in [0.25, 0.3) is 6.08 Å². The van der Waals surface area contributed by atoms with E-state index in [4.69, 9.17) is 18.9 Å². The van der Waals surface area contributed by atoms with Gasteiger partial charge in [0.2, 0.25) is 11.7 Å². The summed E-state index contributed by atoms with van der Waals surface area (Å²) in [4.78, 5) is 27.8. The van der Waals surface area contributed by atoms with E-state index in [1.165, 1.54) is 17.4 Å². The third kappa shape index (κ3) is 5.01. The molecule has 1 aromatic carbocycles. The summed E-state index contributed by atoms with van der Waals surface area (Å²) in [6.45, 7) is 2.99. The summed E-state index contributed by atoms with van der Waals surface area (Å²) in [5.41, 5.74) is 1.29. The molecule has 9 heteroatoms. The number of anilines is 1. The minimum Gasteiger partial charge on any atom is -0.493 e. The first-order valence-electron chi connectivity index (χ1n) is 8.65. The number of nitrogens with zero attached hydrogens (tertiary/aromatic N) is 1. The Balaban J connectivity index is 1.63. The molecule has 1 aromatic heterocycles. The van der Waals surface area contributed by atoms with E-state index in [2.05, 4.69) is 10.3 Å². The predicted octanol–water partition coefficient (Wildman–Crippen LogP) is 2.68. The van der Waals surface area contributed by atoms with E-state index >= 15 is 0 Å². The molecule has 28 heavy (non-hydrogen) atoms. The minimum atomic E-state index is -0.349. The number of aromatic nitrogens is 1. The average Bonchev–Trinajstić information content (AvgIpc) is 3.12. The Morgan fingerprint density at radius 2 is 2.14 bits per heavy atom. The number of benzene rings is 1. The number of hydrogen-bond donors (Lipinski definition) is 1. The molecule has 1 aliphatic rings. The molecule has 148 valence electrons. The van der Waals surface area contributed by atoms with Crippen LogP contribution in [0.3, 0.4) is 0 Å². The highest BCUT2D eigenvalue weighted by molar-refractivity contribution is 7.14. The van der Waals surface area contributed by atoms with Gasteiger partial charge in [-0.2, -0.15) is 0 Å². The number of amides is 1. The van der Waals surface area contributed by atoms with E-state index < -0.39 is 0 Å². The molecule has 0 saturated heterocycles. The van der Waals surface area contributed by atoms with Crippen molar-refractivity contribution in [1.82, 2.24) is 4.98 Å². The summed E-state index contributed by atoms with van der Waals surface area (Å²) in [5.74, 6) is 0.992. The van der Waals surface area contributed by atoms with Gasteiger partial charge in [-0.25, -0.2) is 4.98 Å². The number of esters is 1. The van der Waals surface area contributed by atoms with Crippen LogP contribution in [0.2, 0.25) is 0 Å². The first-order valence-corrected chi connectivity index (χ1v) is 9.53. The molecule has 1 amide bonds. The number of carbonyl (C=O) groups excluding carboxylic acids is 2. The van der Waals surface area contributed by atoms with E-state index in [1.807, 2.05) is 0 Å². The molecule has 0 spiro atoms. The van der Waals surface area contributed by atoms with Crippen molar-refractivity contribution < 1.29 is 28.5 Å². The van der Waals surface area contributed by atoms with Crippen LogP contribution in [0.1, 0.15) is 18.2 Å². The van der Waals surface area contributed by atoms with E-state index in [0.29, 0.717) is 47.9 Å². The van der Waals surface area contributed by atoms with Gasteiger partial charge >= 0.3 is 5.97 Å². The molecule has 0 aliphatic carbocycles. The molecule has 1 N–H and O–H groups in total. The molecular formula is C19H20N2O6S. The van der Waals surface area contributed by atoms with Crippen LogP contribution in [0.5, 0.6) is 17.2 Å². The van der Waals surface area contributed by atoms with Gasteiger partial charge in [0.25, 0.3) is 0 Å². The van der Waals surface area contributed by atoms with Gasteiger partial charge in [-0.05, 0) is 30.7 Å². The smallest absolute Gasteiger partial charge is 0.311 e. The lowest BCUT2D eigenvalue weighted by atomic mass is 10.1. The molecule has 3 rings (SSSR count). The number of hydrogen-bond acceptors (Lipinski definition) is 8. The van der Waals surface area contributed by atoms with Crippen molar-refractivity contribution in [2.24, 2.45) is 0 Å². The molecule has 2 aromatic rings. The van der Waals surface area contributed by atoms with E-state index in [1.54, 1.807) is 37.6 Å². The Bertz CT molecular complexity index is 875. The molecule has 0 bridgehead atoms.